The highest BCUT2D eigenvalue weighted by molar-refractivity contribution is 5.96. The zero-order valence-electron chi connectivity index (χ0n) is 13.9. The molecule has 7 heteroatoms. The minimum atomic E-state index is -0.721. The topological polar surface area (TPSA) is 59.2 Å². The molecule has 132 valence electrons. The second kappa shape index (κ2) is 6.33. The Labute approximate surface area is 148 Å². The van der Waals surface area contributed by atoms with Gasteiger partial charge in [-0.05, 0) is 31.2 Å². The lowest BCUT2D eigenvalue weighted by Gasteiger charge is -2.16. The SMILES string of the molecule is Cc1ccc(N2C[C@@H](c3noc(-c4cc(F)cc(F)c4)n3)CC2=O)cc1. The minimum Gasteiger partial charge on any atom is -0.334 e. The van der Waals surface area contributed by atoms with Crippen molar-refractivity contribution in [3.63, 3.8) is 0 Å². The Kier molecular flexibility index (Phi) is 3.99. The molecule has 1 aliphatic rings. The molecule has 1 aliphatic heterocycles. The number of benzene rings is 2. The summed E-state index contributed by atoms with van der Waals surface area (Å²) in [6, 6.07) is 10.7. The highest BCUT2D eigenvalue weighted by Crippen LogP contribution is 2.31. The van der Waals surface area contributed by atoms with Gasteiger partial charge in [0, 0.05) is 36.2 Å². The number of aromatic nitrogens is 2. The van der Waals surface area contributed by atoms with Crippen molar-refractivity contribution in [2.24, 2.45) is 0 Å². The Balaban J connectivity index is 1.56. The first-order chi connectivity index (χ1) is 12.5. The van der Waals surface area contributed by atoms with Crippen molar-refractivity contribution in [2.45, 2.75) is 19.3 Å². The third-order valence-corrected chi connectivity index (χ3v) is 4.39. The fraction of sp³-hybridized carbons (Fsp3) is 0.211. The fourth-order valence-electron chi connectivity index (χ4n) is 3.05. The van der Waals surface area contributed by atoms with E-state index in [0.29, 0.717) is 12.4 Å². The summed E-state index contributed by atoms with van der Waals surface area (Å²) in [7, 11) is 0. The van der Waals surface area contributed by atoms with Gasteiger partial charge in [0.15, 0.2) is 5.82 Å². The molecule has 1 atom stereocenters. The summed E-state index contributed by atoms with van der Waals surface area (Å²) in [6.07, 6.45) is 0.254. The standard InChI is InChI=1S/C19H15F2N3O2/c1-11-2-4-16(5-3-11)24-10-13(8-17(24)25)18-22-19(26-23-18)12-6-14(20)9-15(21)7-12/h2-7,9,13H,8,10H2,1H3/t13-/m0/s1. The van der Waals surface area contributed by atoms with Crippen LogP contribution in [-0.4, -0.2) is 22.6 Å². The van der Waals surface area contributed by atoms with Crippen LogP contribution in [0.3, 0.4) is 0 Å². The third-order valence-electron chi connectivity index (χ3n) is 4.39. The number of aryl methyl sites for hydroxylation is 1. The predicted octanol–water partition coefficient (Wildman–Crippen LogP) is 3.84. The molecular weight excluding hydrogens is 340 g/mol. The average Bonchev–Trinajstić information content (AvgIpc) is 3.22. The molecule has 5 nitrogen and oxygen atoms in total. The van der Waals surface area contributed by atoms with E-state index in [4.69, 9.17) is 4.52 Å². The number of carbonyl (C=O) groups is 1. The van der Waals surface area contributed by atoms with Gasteiger partial charge in [0.05, 0.1) is 0 Å². The number of amides is 1. The number of anilines is 1. The summed E-state index contributed by atoms with van der Waals surface area (Å²) in [4.78, 5) is 18.3. The first kappa shape index (κ1) is 16.4. The molecule has 0 spiro atoms. The zero-order chi connectivity index (χ0) is 18.3. The summed E-state index contributed by atoms with van der Waals surface area (Å²) in [6.45, 7) is 2.41. The highest BCUT2D eigenvalue weighted by atomic mass is 19.1. The maximum Gasteiger partial charge on any atom is 0.258 e. The van der Waals surface area contributed by atoms with Crippen LogP contribution in [-0.2, 0) is 4.79 Å². The smallest absolute Gasteiger partial charge is 0.258 e. The van der Waals surface area contributed by atoms with Crippen molar-refractivity contribution < 1.29 is 18.1 Å². The van der Waals surface area contributed by atoms with Crippen LogP contribution in [0.25, 0.3) is 11.5 Å². The van der Waals surface area contributed by atoms with Crippen molar-refractivity contribution in [1.82, 2.24) is 10.1 Å². The largest absolute Gasteiger partial charge is 0.334 e. The van der Waals surface area contributed by atoms with Gasteiger partial charge in [0.25, 0.3) is 5.89 Å². The van der Waals surface area contributed by atoms with Gasteiger partial charge >= 0.3 is 0 Å². The van der Waals surface area contributed by atoms with E-state index in [1.54, 1.807) is 4.90 Å². The van der Waals surface area contributed by atoms with Crippen molar-refractivity contribution in [1.29, 1.82) is 0 Å². The quantitative estimate of drug-likeness (QED) is 0.716. The number of halogens is 2. The van der Waals surface area contributed by atoms with Crippen LogP contribution >= 0.6 is 0 Å². The molecule has 1 aromatic heterocycles. The van der Waals surface area contributed by atoms with Crippen molar-refractivity contribution in [3.8, 4) is 11.5 Å². The van der Waals surface area contributed by atoms with Gasteiger partial charge in [-0.2, -0.15) is 4.98 Å². The summed E-state index contributed by atoms with van der Waals surface area (Å²) in [5.74, 6) is -1.32. The van der Waals surface area contributed by atoms with Crippen LogP contribution in [0.5, 0.6) is 0 Å². The molecule has 0 unspecified atom stereocenters. The Morgan fingerprint density at radius 3 is 2.50 bits per heavy atom. The van der Waals surface area contributed by atoms with Crippen LogP contribution in [0.15, 0.2) is 47.0 Å². The van der Waals surface area contributed by atoms with E-state index in [-0.39, 0.29) is 29.7 Å². The zero-order valence-corrected chi connectivity index (χ0v) is 13.9. The van der Waals surface area contributed by atoms with E-state index in [2.05, 4.69) is 10.1 Å². The van der Waals surface area contributed by atoms with Crippen LogP contribution in [0.4, 0.5) is 14.5 Å². The Morgan fingerprint density at radius 2 is 1.81 bits per heavy atom. The van der Waals surface area contributed by atoms with Crippen LogP contribution in [0.1, 0.15) is 23.7 Å². The second-order valence-corrected chi connectivity index (χ2v) is 6.36. The number of nitrogens with zero attached hydrogens (tertiary/aromatic N) is 3. The Bertz CT molecular complexity index is 949. The molecule has 26 heavy (non-hydrogen) atoms. The normalized spacial score (nSPS) is 17.1. The molecule has 2 heterocycles. The maximum absolute atomic E-state index is 13.4. The molecule has 4 rings (SSSR count). The maximum atomic E-state index is 13.4. The third kappa shape index (κ3) is 3.08. The molecule has 0 saturated carbocycles. The molecule has 0 bridgehead atoms. The van der Waals surface area contributed by atoms with Gasteiger partial charge < -0.3 is 9.42 Å². The second-order valence-electron chi connectivity index (χ2n) is 6.36. The van der Waals surface area contributed by atoms with Crippen LogP contribution < -0.4 is 4.90 Å². The summed E-state index contributed by atoms with van der Waals surface area (Å²) in [5, 5.41) is 3.90. The van der Waals surface area contributed by atoms with E-state index < -0.39 is 11.6 Å². The van der Waals surface area contributed by atoms with Gasteiger partial charge in [-0.25, -0.2) is 8.78 Å². The van der Waals surface area contributed by atoms with Crippen molar-refractivity contribution in [3.05, 3.63) is 65.5 Å². The lowest BCUT2D eigenvalue weighted by Crippen LogP contribution is -2.24. The molecule has 0 N–H and O–H groups in total. The lowest BCUT2D eigenvalue weighted by atomic mass is 10.1. The van der Waals surface area contributed by atoms with Gasteiger partial charge in [-0.15, -0.1) is 0 Å². The van der Waals surface area contributed by atoms with Gasteiger partial charge in [0.1, 0.15) is 11.6 Å². The molecular formula is C19H15F2N3O2. The summed E-state index contributed by atoms with van der Waals surface area (Å²) >= 11 is 0. The van der Waals surface area contributed by atoms with Crippen molar-refractivity contribution in [2.75, 3.05) is 11.4 Å². The number of hydrogen-bond acceptors (Lipinski definition) is 4. The molecule has 3 aromatic rings. The highest BCUT2D eigenvalue weighted by Gasteiger charge is 2.34. The molecule has 1 fully saturated rings. The number of hydrogen-bond donors (Lipinski definition) is 0. The fourth-order valence-corrected chi connectivity index (χ4v) is 3.05. The van der Waals surface area contributed by atoms with E-state index >= 15 is 0 Å². The lowest BCUT2D eigenvalue weighted by molar-refractivity contribution is -0.117. The monoisotopic (exact) mass is 355 g/mol. The Hall–Kier alpha value is -3.09. The van der Waals surface area contributed by atoms with Crippen molar-refractivity contribution >= 4 is 11.6 Å². The van der Waals surface area contributed by atoms with E-state index in [9.17, 15) is 13.6 Å². The molecule has 0 radical (unpaired) electrons. The van der Waals surface area contributed by atoms with Gasteiger partial charge in [-0.3, -0.25) is 4.79 Å². The molecule has 2 aromatic carbocycles. The molecule has 0 aliphatic carbocycles. The van der Waals surface area contributed by atoms with E-state index in [1.807, 2.05) is 31.2 Å². The minimum absolute atomic E-state index is 0.0259. The van der Waals surface area contributed by atoms with Crippen LogP contribution in [0.2, 0.25) is 0 Å². The summed E-state index contributed by atoms with van der Waals surface area (Å²) < 4.78 is 31.9. The van der Waals surface area contributed by atoms with E-state index in [0.717, 1.165) is 29.4 Å². The van der Waals surface area contributed by atoms with Crippen LogP contribution in [0, 0.1) is 18.6 Å². The molecule has 1 saturated heterocycles. The Morgan fingerprint density at radius 1 is 1.12 bits per heavy atom. The average molecular weight is 355 g/mol. The predicted molar refractivity (Wildman–Crippen MR) is 90.5 cm³/mol. The van der Waals surface area contributed by atoms with Gasteiger partial charge in [0.2, 0.25) is 5.91 Å². The first-order valence-electron chi connectivity index (χ1n) is 8.17. The molecule has 1 amide bonds. The summed E-state index contributed by atoms with van der Waals surface area (Å²) in [5.41, 5.74) is 2.10. The number of rotatable bonds is 3. The van der Waals surface area contributed by atoms with Gasteiger partial charge in [-0.1, -0.05) is 22.9 Å². The first-order valence-corrected chi connectivity index (χ1v) is 8.17. The number of carbonyl (C=O) groups excluding carboxylic acids is 1. The van der Waals surface area contributed by atoms with E-state index in [1.165, 1.54) is 0 Å².